The Balaban J connectivity index is 0.640. The number of fused-ring (bicyclic) bond motifs is 5. The van der Waals surface area contributed by atoms with Crippen LogP contribution in [-0.2, 0) is 107 Å². The molecule has 9 rings (SSSR count). The first kappa shape index (κ1) is 64.6. The summed E-state index contributed by atoms with van der Waals surface area (Å²) in [6, 6.07) is 15.8. The Labute approximate surface area is 511 Å². The number of nitrogens with zero attached hydrogens (tertiary/aromatic N) is 4. The highest BCUT2D eigenvalue weighted by atomic mass is 19.1. The van der Waals surface area contributed by atoms with E-state index in [2.05, 4.69) is 31.9 Å². The summed E-state index contributed by atoms with van der Waals surface area (Å²) >= 11 is 0. The molecule has 7 N–H and O–H groups in total. The van der Waals surface area contributed by atoms with E-state index in [0.29, 0.717) is 60.3 Å². The number of rotatable bonds is 30. The van der Waals surface area contributed by atoms with Gasteiger partial charge in [-0.05, 0) is 54.5 Å². The first-order valence-corrected chi connectivity index (χ1v) is 29.9. The molecule has 4 aliphatic rings. The fraction of sp³-hybridized carbons (Fsp3) is 0.460. The standard InChI is InChI=1S/C63H73FN10O15/c1-4-63(85)44-29-49-58-42(34-74(49)61(83)43(44)35-89-62(63)84)57-46(16-15-41-38(3)45(64)30-47(71-58)56(41)57)69-51(76)18-22-86-23-24-87-25-26-88-36-68-53(78)32-67-59(81)48(28-39-11-6-5-7-12-39)70-54(79)33-66-52(77)31-65-50(75)14-10-20-72-19-9-8-13-40(72)17-21-73-55(80)27-37(2)60(73)82/h5-9,11-13,19,29-30,37,46,48,85H,4,10,14-18,20-28,31-36H2,1-3H3,(H5-,65,66,67,68,69,70,75,76,77,78,79,81)/p+1/t37?,46-,48-,63-/m0/s1. The van der Waals surface area contributed by atoms with Gasteiger partial charge in [-0.15, -0.1) is 0 Å². The van der Waals surface area contributed by atoms with Crippen LogP contribution in [0.5, 0.6) is 0 Å². The van der Waals surface area contributed by atoms with E-state index in [1.807, 2.05) is 29.0 Å². The molecule has 0 spiro atoms. The number of pyridine rings is 3. The van der Waals surface area contributed by atoms with Crippen molar-refractivity contribution in [2.45, 2.75) is 116 Å². The molecule has 0 bridgehead atoms. The third kappa shape index (κ3) is 15.4. The van der Waals surface area contributed by atoms with Crippen molar-refractivity contribution in [1.29, 1.82) is 0 Å². The fourth-order valence-electron chi connectivity index (χ4n) is 11.6. The zero-order valence-corrected chi connectivity index (χ0v) is 50.0. The molecule has 1 unspecified atom stereocenters. The highest BCUT2D eigenvalue weighted by Crippen LogP contribution is 2.46. The smallest absolute Gasteiger partial charge is 0.343 e. The van der Waals surface area contributed by atoms with Crippen LogP contribution in [0, 0.1) is 18.7 Å². The predicted octanol–water partition coefficient (Wildman–Crippen LogP) is 0.926. The van der Waals surface area contributed by atoms with Gasteiger partial charge in [0.15, 0.2) is 17.5 Å². The molecular formula is C63H74FN10O15+. The normalized spacial score (nSPS) is 17.5. The number of cyclic esters (lactones) is 1. The number of hydrogen-bond donors (Lipinski definition) is 7. The Bertz CT molecular complexity index is 3620. The van der Waals surface area contributed by atoms with Gasteiger partial charge in [0.2, 0.25) is 47.3 Å². The average Bonchev–Trinajstić information content (AvgIpc) is 1.65. The molecule has 0 radical (unpaired) electrons. The van der Waals surface area contributed by atoms with Crippen molar-refractivity contribution in [3.05, 3.63) is 128 Å². The molecule has 4 atom stereocenters. The Hall–Kier alpha value is -8.85. The average molecular weight is 1230 g/mol. The number of halogens is 1. The number of amides is 8. The summed E-state index contributed by atoms with van der Waals surface area (Å²) in [6.45, 7) is 4.82. The van der Waals surface area contributed by atoms with Crippen molar-refractivity contribution in [2.75, 3.05) is 65.9 Å². The molecule has 6 heterocycles. The highest BCUT2D eigenvalue weighted by molar-refractivity contribution is 6.03. The quantitative estimate of drug-likeness (QED) is 0.0108. The van der Waals surface area contributed by atoms with Crippen LogP contribution in [0.2, 0.25) is 0 Å². The zero-order valence-electron chi connectivity index (χ0n) is 50.0. The number of aryl methyl sites for hydroxylation is 2. The van der Waals surface area contributed by atoms with Crippen LogP contribution in [0.3, 0.4) is 0 Å². The molecule has 8 amide bonds. The molecule has 2 aromatic carbocycles. The lowest BCUT2D eigenvalue weighted by Crippen LogP contribution is -2.52. The van der Waals surface area contributed by atoms with Crippen molar-refractivity contribution in [3.63, 3.8) is 0 Å². The van der Waals surface area contributed by atoms with Gasteiger partial charge in [-0.1, -0.05) is 50.2 Å². The molecule has 89 heavy (non-hydrogen) atoms. The summed E-state index contributed by atoms with van der Waals surface area (Å²) in [5.74, 6) is -5.15. The van der Waals surface area contributed by atoms with Gasteiger partial charge < -0.3 is 60.5 Å². The van der Waals surface area contributed by atoms with Gasteiger partial charge >= 0.3 is 5.97 Å². The van der Waals surface area contributed by atoms with E-state index in [9.17, 15) is 53.1 Å². The van der Waals surface area contributed by atoms with E-state index in [1.54, 1.807) is 57.2 Å². The van der Waals surface area contributed by atoms with Crippen LogP contribution >= 0.6 is 0 Å². The maximum absolute atomic E-state index is 15.4. The summed E-state index contributed by atoms with van der Waals surface area (Å²) < 4.78 is 40.8. The van der Waals surface area contributed by atoms with Crippen LogP contribution in [0.4, 0.5) is 4.39 Å². The van der Waals surface area contributed by atoms with Gasteiger partial charge in [0.25, 0.3) is 5.56 Å². The summed E-state index contributed by atoms with van der Waals surface area (Å²) in [7, 11) is 0. The minimum absolute atomic E-state index is 0.0205. The second-order valence-corrected chi connectivity index (χ2v) is 22.4. The number of nitrogens with one attached hydrogen (secondary N) is 6. The minimum atomic E-state index is -2.02. The number of ether oxygens (including phenoxy) is 4. The van der Waals surface area contributed by atoms with Crippen molar-refractivity contribution >= 4 is 64.1 Å². The number of likely N-dealkylation sites (tertiary alicyclic amines) is 1. The molecule has 0 saturated carbocycles. The zero-order chi connectivity index (χ0) is 63.4. The number of benzene rings is 2. The minimum Gasteiger partial charge on any atom is -0.458 e. The van der Waals surface area contributed by atoms with E-state index in [-0.39, 0.29) is 139 Å². The van der Waals surface area contributed by atoms with Crippen LogP contribution in [-0.4, -0.2) is 145 Å². The largest absolute Gasteiger partial charge is 0.458 e. The molecule has 1 aliphatic carbocycles. The molecule has 1 saturated heterocycles. The fourth-order valence-corrected chi connectivity index (χ4v) is 11.6. The lowest BCUT2D eigenvalue weighted by molar-refractivity contribution is -0.704. The molecule has 25 nitrogen and oxygen atoms in total. The number of aromatic nitrogens is 3. The van der Waals surface area contributed by atoms with E-state index < -0.39 is 71.7 Å². The van der Waals surface area contributed by atoms with Crippen LogP contribution in [0.25, 0.3) is 22.3 Å². The Morgan fingerprint density at radius 2 is 1.54 bits per heavy atom. The highest BCUT2D eigenvalue weighted by Gasteiger charge is 2.46. The monoisotopic (exact) mass is 1230 g/mol. The molecule has 26 heteroatoms. The van der Waals surface area contributed by atoms with Crippen LogP contribution in [0.1, 0.15) is 103 Å². The number of imide groups is 1. The third-order valence-electron chi connectivity index (χ3n) is 16.5. The van der Waals surface area contributed by atoms with E-state index in [0.717, 1.165) is 27.8 Å². The van der Waals surface area contributed by atoms with Gasteiger partial charge in [0.1, 0.15) is 31.7 Å². The first-order valence-electron chi connectivity index (χ1n) is 29.9. The number of hydrogen-bond acceptors (Lipinski definition) is 16. The Kier molecular flexibility index (Phi) is 21.4. The maximum Gasteiger partial charge on any atom is 0.343 e. The van der Waals surface area contributed by atoms with Crippen LogP contribution < -0.4 is 42.0 Å². The van der Waals surface area contributed by atoms with E-state index in [1.165, 1.54) is 15.5 Å². The Morgan fingerprint density at radius 1 is 0.831 bits per heavy atom. The lowest BCUT2D eigenvalue weighted by atomic mass is 9.81. The predicted molar refractivity (Wildman–Crippen MR) is 315 cm³/mol. The maximum atomic E-state index is 15.4. The summed E-state index contributed by atoms with van der Waals surface area (Å²) in [4.78, 5) is 135. The molecule has 3 aliphatic heterocycles. The van der Waals surface area contributed by atoms with Crippen LogP contribution in [0.15, 0.2) is 71.7 Å². The van der Waals surface area contributed by atoms with Crippen molar-refractivity contribution in [3.8, 4) is 11.4 Å². The van der Waals surface area contributed by atoms with Gasteiger partial charge in [-0.2, -0.15) is 0 Å². The topological polar surface area (TPSA) is 325 Å². The Morgan fingerprint density at radius 3 is 2.29 bits per heavy atom. The van der Waals surface area contributed by atoms with Gasteiger partial charge in [0.05, 0.1) is 94.1 Å². The second-order valence-electron chi connectivity index (χ2n) is 22.4. The molecule has 472 valence electrons. The number of aliphatic hydroxyl groups is 1. The van der Waals surface area contributed by atoms with Gasteiger partial charge in [-0.25, -0.2) is 18.7 Å². The third-order valence-corrected chi connectivity index (χ3v) is 16.5. The van der Waals surface area contributed by atoms with E-state index >= 15 is 4.39 Å². The SMILES string of the molecule is CC[C@@]1(O)C(=O)OCc2c1cc1n(c2=O)Cc2c-1nc1cc(F)c(C)c3c1c2[C@@H](NC(=O)CCOCCOCCOCNC(=O)CNC(=O)[C@H](Cc1ccccc1)NC(=O)CNC(=O)CNC(=O)CCC[n+]1ccccc1CCN1C(=O)CC(C)C1=O)CC3. The van der Waals surface area contributed by atoms with Crippen molar-refractivity contribution in [2.24, 2.45) is 5.92 Å². The lowest BCUT2D eigenvalue weighted by Gasteiger charge is -2.31. The summed E-state index contributed by atoms with van der Waals surface area (Å²) in [5.41, 5.74) is 3.34. The number of esters is 1. The van der Waals surface area contributed by atoms with Crippen molar-refractivity contribution < 1.29 is 76.2 Å². The molecule has 3 aromatic heterocycles. The summed E-state index contributed by atoms with van der Waals surface area (Å²) in [5, 5.41) is 27.9. The van der Waals surface area contributed by atoms with E-state index in [4.69, 9.17) is 23.9 Å². The second kappa shape index (κ2) is 29.4. The van der Waals surface area contributed by atoms with Gasteiger partial charge in [-0.3, -0.25) is 48.1 Å². The van der Waals surface area contributed by atoms with Crippen molar-refractivity contribution in [1.82, 2.24) is 46.4 Å². The molecule has 1 fully saturated rings. The van der Waals surface area contributed by atoms with Gasteiger partial charge in [0, 0.05) is 79.3 Å². The number of carbonyl (C=O) groups is 9. The first-order chi connectivity index (χ1) is 42.8. The summed E-state index contributed by atoms with van der Waals surface area (Å²) in [6.07, 6.45) is 4.09. The molecular weight excluding hydrogens is 1160 g/mol. The molecule has 5 aromatic rings. The number of carbonyl (C=O) groups excluding carboxylic acids is 9.